The fourth-order valence-electron chi connectivity index (χ4n) is 2.53. The molecule has 106 valence electrons. The summed E-state index contributed by atoms with van der Waals surface area (Å²) < 4.78 is 25.2. The largest absolute Gasteiger partial charge is 0.307 e. The van der Waals surface area contributed by atoms with Crippen LogP contribution in [0.25, 0.3) is 0 Å². The molecule has 2 N–H and O–H groups in total. The van der Waals surface area contributed by atoms with Crippen LogP contribution in [-0.4, -0.2) is 31.7 Å². The van der Waals surface area contributed by atoms with E-state index in [2.05, 4.69) is 21.1 Å². The van der Waals surface area contributed by atoms with Gasteiger partial charge in [0.05, 0.1) is 18.0 Å². The molecule has 0 radical (unpaired) electrons. The smallest absolute Gasteiger partial charge is 0.209 e. The Morgan fingerprint density at radius 3 is 2.89 bits per heavy atom. The molecule has 6 heteroatoms. The molecular formula is C13H21N3O2S. The number of sulfonamides is 1. The van der Waals surface area contributed by atoms with Crippen molar-refractivity contribution in [2.45, 2.75) is 38.3 Å². The summed E-state index contributed by atoms with van der Waals surface area (Å²) in [6, 6.07) is 4.28. The van der Waals surface area contributed by atoms with E-state index >= 15 is 0 Å². The van der Waals surface area contributed by atoms with E-state index in [1.165, 1.54) is 11.8 Å². The van der Waals surface area contributed by atoms with Gasteiger partial charge in [-0.05, 0) is 38.3 Å². The number of nitrogens with zero attached hydrogens (tertiary/aromatic N) is 1. The molecule has 1 aromatic heterocycles. The summed E-state index contributed by atoms with van der Waals surface area (Å²) in [5.74, 6) is 0. The second kappa shape index (κ2) is 5.19. The Morgan fingerprint density at radius 2 is 2.21 bits per heavy atom. The van der Waals surface area contributed by atoms with E-state index in [-0.39, 0.29) is 6.04 Å². The van der Waals surface area contributed by atoms with E-state index in [1.54, 1.807) is 6.20 Å². The maximum absolute atomic E-state index is 11.3. The molecule has 0 fully saturated rings. The number of pyridine rings is 1. The van der Waals surface area contributed by atoms with Crippen LogP contribution >= 0.6 is 0 Å². The first kappa shape index (κ1) is 14.4. The van der Waals surface area contributed by atoms with Crippen molar-refractivity contribution in [3.63, 3.8) is 0 Å². The Hall–Kier alpha value is -0.980. The van der Waals surface area contributed by atoms with Gasteiger partial charge in [-0.2, -0.15) is 0 Å². The van der Waals surface area contributed by atoms with Gasteiger partial charge in [0.1, 0.15) is 0 Å². The minimum atomic E-state index is -3.19. The highest BCUT2D eigenvalue weighted by molar-refractivity contribution is 7.88. The topological polar surface area (TPSA) is 71.1 Å². The fraction of sp³-hybridized carbons (Fsp3) is 0.615. The first-order valence-corrected chi connectivity index (χ1v) is 8.32. The molecule has 1 unspecified atom stereocenters. The summed E-state index contributed by atoms with van der Waals surface area (Å²) in [7, 11) is -3.19. The minimum Gasteiger partial charge on any atom is -0.307 e. The van der Waals surface area contributed by atoms with Crippen LogP contribution in [0.15, 0.2) is 18.3 Å². The molecule has 1 aliphatic carbocycles. The number of hydrogen-bond donors (Lipinski definition) is 2. The molecule has 0 saturated heterocycles. The van der Waals surface area contributed by atoms with Crippen LogP contribution in [0.5, 0.6) is 0 Å². The van der Waals surface area contributed by atoms with Crippen LogP contribution in [0.2, 0.25) is 0 Å². The van der Waals surface area contributed by atoms with Crippen LogP contribution in [0.1, 0.15) is 37.6 Å². The highest BCUT2D eigenvalue weighted by atomic mass is 32.2. The number of hydrogen-bond acceptors (Lipinski definition) is 4. The van der Waals surface area contributed by atoms with E-state index in [4.69, 9.17) is 0 Å². The molecule has 1 heterocycles. The molecule has 1 aromatic rings. The fourth-order valence-corrected chi connectivity index (χ4v) is 3.60. The number of rotatable bonds is 5. The van der Waals surface area contributed by atoms with Crippen molar-refractivity contribution in [1.29, 1.82) is 0 Å². The second-order valence-electron chi connectivity index (χ2n) is 5.78. The maximum atomic E-state index is 11.3. The Bertz CT molecular complexity index is 555. The van der Waals surface area contributed by atoms with Gasteiger partial charge in [-0.3, -0.25) is 4.98 Å². The lowest BCUT2D eigenvalue weighted by Gasteiger charge is -2.27. The van der Waals surface area contributed by atoms with E-state index in [0.29, 0.717) is 6.54 Å². The van der Waals surface area contributed by atoms with Crippen molar-refractivity contribution < 1.29 is 8.42 Å². The lowest BCUT2D eigenvalue weighted by Crippen LogP contribution is -2.50. The average molecular weight is 283 g/mol. The predicted molar refractivity (Wildman–Crippen MR) is 75.4 cm³/mol. The average Bonchev–Trinajstić information content (AvgIpc) is 2.66. The third-order valence-electron chi connectivity index (χ3n) is 3.21. The van der Waals surface area contributed by atoms with Crippen LogP contribution < -0.4 is 10.0 Å². The highest BCUT2D eigenvalue weighted by Crippen LogP contribution is 2.28. The SMILES string of the molecule is CC(C)(CNC1CCc2cccnc21)NS(C)(=O)=O. The summed E-state index contributed by atoms with van der Waals surface area (Å²) in [6.45, 7) is 4.31. The van der Waals surface area contributed by atoms with Gasteiger partial charge in [-0.25, -0.2) is 13.1 Å². The predicted octanol–water partition coefficient (Wildman–Crippen LogP) is 0.986. The Kier molecular flexibility index (Phi) is 3.94. The van der Waals surface area contributed by atoms with Crippen LogP contribution in [-0.2, 0) is 16.4 Å². The molecule has 0 aromatic carbocycles. The monoisotopic (exact) mass is 283 g/mol. The molecular weight excluding hydrogens is 262 g/mol. The lowest BCUT2D eigenvalue weighted by molar-refractivity contribution is 0.387. The molecule has 1 atom stereocenters. The Morgan fingerprint density at radius 1 is 1.47 bits per heavy atom. The number of aromatic nitrogens is 1. The Labute approximate surface area is 114 Å². The second-order valence-corrected chi connectivity index (χ2v) is 7.53. The normalized spacial score (nSPS) is 19.4. The van der Waals surface area contributed by atoms with Gasteiger partial charge in [0.25, 0.3) is 0 Å². The van der Waals surface area contributed by atoms with Crippen molar-refractivity contribution in [2.24, 2.45) is 0 Å². The number of nitrogens with one attached hydrogen (secondary N) is 2. The number of fused-ring (bicyclic) bond motifs is 1. The summed E-state index contributed by atoms with van der Waals surface area (Å²) in [5, 5.41) is 3.41. The molecule has 0 aliphatic heterocycles. The number of aryl methyl sites for hydroxylation is 1. The minimum absolute atomic E-state index is 0.219. The van der Waals surface area contributed by atoms with Crippen LogP contribution in [0.4, 0.5) is 0 Å². The summed E-state index contributed by atoms with van der Waals surface area (Å²) in [4.78, 5) is 4.41. The quantitative estimate of drug-likeness (QED) is 0.845. The van der Waals surface area contributed by atoms with Crippen LogP contribution in [0, 0.1) is 0 Å². The van der Waals surface area contributed by atoms with Crippen molar-refractivity contribution in [2.75, 3.05) is 12.8 Å². The molecule has 0 bridgehead atoms. The van der Waals surface area contributed by atoms with Gasteiger partial charge in [0.2, 0.25) is 10.0 Å². The van der Waals surface area contributed by atoms with Gasteiger partial charge < -0.3 is 5.32 Å². The summed E-state index contributed by atoms with van der Waals surface area (Å²) in [5.41, 5.74) is 1.87. The van der Waals surface area contributed by atoms with Crippen molar-refractivity contribution in [1.82, 2.24) is 15.0 Å². The van der Waals surface area contributed by atoms with Gasteiger partial charge >= 0.3 is 0 Å². The van der Waals surface area contributed by atoms with E-state index in [1.807, 2.05) is 19.9 Å². The van der Waals surface area contributed by atoms with Crippen molar-refractivity contribution in [3.05, 3.63) is 29.6 Å². The van der Waals surface area contributed by atoms with E-state index in [0.717, 1.165) is 18.5 Å². The zero-order valence-electron chi connectivity index (χ0n) is 11.6. The van der Waals surface area contributed by atoms with E-state index < -0.39 is 15.6 Å². The van der Waals surface area contributed by atoms with Gasteiger partial charge in [0, 0.05) is 18.3 Å². The highest BCUT2D eigenvalue weighted by Gasteiger charge is 2.27. The van der Waals surface area contributed by atoms with Crippen molar-refractivity contribution >= 4 is 10.0 Å². The third-order valence-corrected chi connectivity index (χ3v) is 4.13. The lowest BCUT2D eigenvalue weighted by atomic mass is 10.1. The van der Waals surface area contributed by atoms with Gasteiger partial charge in [-0.15, -0.1) is 0 Å². The third kappa shape index (κ3) is 3.99. The standard InChI is InChI=1S/C13H21N3O2S/c1-13(2,16-19(3,17)18)9-15-11-7-6-10-5-4-8-14-12(10)11/h4-5,8,11,15-16H,6-7,9H2,1-3H3. The first-order chi connectivity index (χ1) is 8.77. The van der Waals surface area contributed by atoms with Crippen molar-refractivity contribution in [3.8, 4) is 0 Å². The maximum Gasteiger partial charge on any atom is 0.209 e. The van der Waals surface area contributed by atoms with Gasteiger partial charge in [0.15, 0.2) is 0 Å². The molecule has 0 spiro atoms. The summed E-state index contributed by atoms with van der Waals surface area (Å²) in [6.07, 6.45) is 5.03. The summed E-state index contributed by atoms with van der Waals surface area (Å²) >= 11 is 0. The van der Waals surface area contributed by atoms with Crippen LogP contribution in [0.3, 0.4) is 0 Å². The molecule has 1 aliphatic rings. The molecule has 0 saturated carbocycles. The molecule has 5 nitrogen and oxygen atoms in total. The first-order valence-electron chi connectivity index (χ1n) is 6.43. The zero-order chi connectivity index (χ0) is 14.1. The molecule has 0 amide bonds. The van der Waals surface area contributed by atoms with Gasteiger partial charge in [-0.1, -0.05) is 6.07 Å². The van der Waals surface area contributed by atoms with E-state index in [9.17, 15) is 8.42 Å². The Balaban J connectivity index is 1.97. The zero-order valence-corrected chi connectivity index (χ0v) is 12.4. The molecule has 2 rings (SSSR count). The molecule has 19 heavy (non-hydrogen) atoms.